The Labute approximate surface area is 122 Å². The number of hydrogen-bond donors (Lipinski definition) is 1. The minimum absolute atomic E-state index is 0.0718. The first-order valence-electron chi connectivity index (χ1n) is 6.44. The lowest BCUT2D eigenvalue weighted by atomic mass is 10.0. The van der Waals surface area contributed by atoms with Crippen LogP contribution in [0.1, 0.15) is 35.9 Å². The molecule has 1 N–H and O–H groups in total. The van der Waals surface area contributed by atoms with Gasteiger partial charge in [0.2, 0.25) is 0 Å². The number of carboxylic acids is 1. The minimum Gasteiger partial charge on any atom is -0.493 e. The van der Waals surface area contributed by atoms with Crippen molar-refractivity contribution >= 4 is 5.97 Å². The number of aromatic nitrogens is 1. The maximum absolute atomic E-state index is 11.5. The predicted molar refractivity (Wildman–Crippen MR) is 76.1 cm³/mol. The van der Waals surface area contributed by atoms with Crippen molar-refractivity contribution in [2.75, 3.05) is 14.2 Å². The molecule has 0 unspecified atom stereocenters. The molecule has 0 spiro atoms. The van der Waals surface area contributed by atoms with Crippen molar-refractivity contribution in [3.05, 3.63) is 29.5 Å². The summed E-state index contributed by atoms with van der Waals surface area (Å²) in [5, 5.41) is 13.3. The second-order valence-corrected chi connectivity index (χ2v) is 4.80. The van der Waals surface area contributed by atoms with E-state index in [1.807, 2.05) is 13.8 Å². The average Bonchev–Trinajstić information content (AvgIpc) is 2.91. The minimum atomic E-state index is -1.07. The fourth-order valence-corrected chi connectivity index (χ4v) is 2.08. The van der Waals surface area contributed by atoms with Crippen LogP contribution in [-0.2, 0) is 0 Å². The van der Waals surface area contributed by atoms with E-state index in [1.54, 1.807) is 18.2 Å². The molecule has 0 aliphatic rings. The molecule has 112 valence electrons. The number of rotatable bonds is 5. The summed E-state index contributed by atoms with van der Waals surface area (Å²) in [6.07, 6.45) is 0. The first kappa shape index (κ1) is 14.9. The molecule has 6 nitrogen and oxygen atoms in total. The van der Waals surface area contributed by atoms with Crippen LogP contribution < -0.4 is 9.47 Å². The molecule has 0 bridgehead atoms. The number of aromatic carboxylic acids is 1. The normalized spacial score (nSPS) is 10.7. The number of hydrogen-bond acceptors (Lipinski definition) is 5. The molecular weight excluding hydrogens is 274 g/mol. The van der Waals surface area contributed by atoms with Crippen molar-refractivity contribution in [3.63, 3.8) is 0 Å². The Bertz CT molecular complexity index is 660. The summed E-state index contributed by atoms with van der Waals surface area (Å²) in [6.45, 7) is 3.71. The van der Waals surface area contributed by atoms with Crippen LogP contribution in [-0.4, -0.2) is 30.5 Å². The number of methoxy groups -OCH3 is 2. The van der Waals surface area contributed by atoms with Gasteiger partial charge in [0.25, 0.3) is 0 Å². The van der Waals surface area contributed by atoms with E-state index >= 15 is 0 Å². The van der Waals surface area contributed by atoms with Crippen LogP contribution >= 0.6 is 0 Å². The number of carbonyl (C=O) groups is 1. The van der Waals surface area contributed by atoms with Crippen molar-refractivity contribution in [1.29, 1.82) is 0 Å². The van der Waals surface area contributed by atoms with Gasteiger partial charge in [0, 0.05) is 11.5 Å². The zero-order chi connectivity index (χ0) is 15.6. The molecule has 6 heteroatoms. The summed E-state index contributed by atoms with van der Waals surface area (Å²) in [7, 11) is 3.05. The van der Waals surface area contributed by atoms with Gasteiger partial charge < -0.3 is 19.1 Å². The van der Waals surface area contributed by atoms with Crippen LogP contribution in [0, 0.1) is 0 Å². The molecule has 1 aromatic heterocycles. The van der Waals surface area contributed by atoms with E-state index in [0.29, 0.717) is 22.8 Å². The molecule has 0 atom stereocenters. The van der Waals surface area contributed by atoms with E-state index < -0.39 is 5.97 Å². The topological polar surface area (TPSA) is 81.8 Å². The van der Waals surface area contributed by atoms with Crippen molar-refractivity contribution < 1.29 is 23.9 Å². The van der Waals surface area contributed by atoms with E-state index in [4.69, 9.17) is 14.0 Å². The van der Waals surface area contributed by atoms with Gasteiger partial charge in [-0.3, -0.25) is 0 Å². The SMILES string of the molecule is COc1ccc(-c2noc(C(C)C)c2C(=O)O)cc1OC. The fraction of sp³-hybridized carbons (Fsp3) is 0.333. The van der Waals surface area contributed by atoms with Gasteiger partial charge in [-0.15, -0.1) is 0 Å². The Morgan fingerprint density at radius 2 is 1.90 bits per heavy atom. The zero-order valence-corrected chi connectivity index (χ0v) is 12.3. The number of nitrogens with zero attached hydrogens (tertiary/aromatic N) is 1. The van der Waals surface area contributed by atoms with Gasteiger partial charge in [-0.1, -0.05) is 19.0 Å². The van der Waals surface area contributed by atoms with Crippen LogP contribution in [0.5, 0.6) is 11.5 Å². The van der Waals surface area contributed by atoms with Crippen molar-refractivity contribution in [2.45, 2.75) is 19.8 Å². The van der Waals surface area contributed by atoms with Crippen LogP contribution in [0.15, 0.2) is 22.7 Å². The molecule has 0 radical (unpaired) electrons. The van der Waals surface area contributed by atoms with Crippen LogP contribution in [0.25, 0.3) is 11.3 Å². The van der Waals surface area contributed by atoms with Gasteiger partial charge in [0.05, 0.1) is 14.2 Å². The third-order valence-corrected chi connectivity index (χ3v) is 3.11. The number of benzene rings is 1. The van der Waals surface area contributed by atoms with E-state index in [-0.39, 0.29) is 17.2 Å². The first-order valence-corrected chi connectivity index (χ1v) is 6.44. The highest BCUT2D eigenvalue weighted by Gasteiger charge is 2.25. The number of ether oxygens (including phenoxy) is 2. The van der Waals surface area contributed by atoms with Crippen LogP contribution in [0.3, 0.4) is 0 Å². The predicted octanol–water partition coefficient (Wildman–Crippen LogP) is 3.18. The quantitative estimate of drug-likeness (QED) is 0.911. The average molecular weight is 291 g/mol. The van der Waals surface area contributed by atoms with Crippen LogP contribution in [0.2, 0.25) is 0 Å². The highest BCUT2D eigenvalue weighted by Crippen LogP contribution is 2.35. The molecule has 21 heavy (non-hydrogen) atoms. The molecular formula is C15H17NO5. The van der Waals surface area contributed by atoms with Crippen LogP contribution in [0.4, 0.5) is 0 Å². The fourth-order valence-electron chi connectivity index (χ4n) is 2.08. The Morgan fingerprint density at radius 3 is 2.43 bits per heavy atom. The van der Waals surface area contributed by atoms with Gasteiger partial charge >= 0.3 is 5.97 Å². The summed E-state index contributed by atoms with van der Waals surface area (Å²) in [5.41, 5.74) is 0.963. The molecule has 0 amide bonds. The van der Waals surface area contributed by atoms with E-state index in [1.165, 1.54) is 14.2 Å². The van der Waals surface area contributed by atoms with Gasteiger partial charge in [-0.2, -0.15) is 0 Å². The molecule has 2 rings (SSSR count). The maximum atomic E-state index is 11.5. The second-order valence-electron chi connectivity index (χ2n) is 4.80. The second kappa shape index (κ2) is 5.87. The molecule has 0 aliphatic heterocycles. The molecule has 1 aromatic carbocycles. The zero-order valence-electron chi connectivity index (χ0n) is 12.3. The van der Waals surface area contributed by atoms with Gasteiger partial charge in [0.1, 0.15) is 11.3 Å². The van der Waals surface area contributed by atoms with E-state index in [2.05, 4.69) is 5.16 Å². The lowest BCUT2D eigenvalue weighted by Gasteiger charge is -2.08. The Kier molecular flexibility index (Phi) is 4.16. The Morgan fingerprint density at radius 1 is 1.24 bits per heavy atom. The third-order valence-electron chi connectivity index (χ3n) is 3.11. The molecule has 2 aromatic rings. The summed E-state index contributed by atoms with van der Waals surface area (Å²) >= 11 is 0. The standard InChI is InChI=1S/C15H17NO5/c1-8(2)14-12(15(17)18)13(16-21-14)9-5-6-10(19-3)11(7-9)20-4/h5-8H,1-4H3,(H,17,18). The largest absolute Gasteiger partial charge is 0.493 e. The summed E-state index contributed by atoms with van der Waals surface area (Å²) in [6, 6.07) is 5.09. The highest BCUT2D eigenvalue weighted by molar-refractivity contribution is 5.96. The third kappa shape index (κ3) is 2.69. The van der Waals surface area contributed by atoms with Gasteiger partial charge in [-0.05, 0) is 18.2 Å². The lowest BCUT2D eigenvalue weighted by Crippen LogP contribution is -2.02. The van der Waals surface area contributed by atoms with E-state index in [0.717, 1.165) is 0 Å². The smallest absolute Gasteiger partial charge is 0.341 e. The molecule has 1 heterocycles. The molecule has 0 saturated carbocycles. The summed E-state index contributed by atoms with van der Waals surface area (Å²) < 4.78 is 15.6. The lowest BCUT2D eigenvalue weighted by molar-refractivity contribution is 0.0694. The molecule has 0 fully saturated rings. The monoisotopic (exact) mass is 291 g/mol. The first-order chi connectivity index (χ1) is 9.99. The van der Waals surface area contributed by atoms with Crippen molar-refractivity contribution in [3.8, 4) is 22.8 Å². The van der Waals surface area contributed by atoms with E-state index in [9.17, 15) is 9.90 Å². The maximum Gasteiger partial charge on any atom is 0.341 e. The van der Waals surface area contributed by atoms with Crippen molar-refractivity contribution in [1.82, 2.24) is 5.16 Å². The summed E-state index contributed by atoms with van der Waals surface area (Å²) in [5.74, 6) is 0.278. The highest BCUT2D eigenvalue weighted by atomic mass is 16.5. The van der Waals surface area contributed by atoms with Crippen molar-refractivity contribution in [2.24, 2.45) is 0 Å². The van der Waals surface area contributed by atoms with Gasteiger partial charge in [0.15, 0.2) is 17.3 Å². The Hall–Kier alpha value is -2.50. The number of carboxylic acid groups (broad SMARTS) is 1. The molecule has 0 saturated heterocycles. The van der Waals surface area contributed by atoms with Gasteiger partial charge in [-0.25, -0.2) is 4.79 Å². The summed E-state index contributed by atoms with van der Waals surface area (Å²) in [4.78, 5) is 11.5. The Balaban J connectivity index is 2.59. The molecule has 0 aliphatic carbocycles.